The highest BCUT2D eigenvalue weighted by Gasteiger charge is 2.53. The van der Waals surface area contributed by atoms with Crippen LogP contribution in [-0.4, -0.2) is 22.9 Å². The molecule has 2 N–H and O–H groups in total. The van der Waals surface area contributed by atoms with E-state index in [4.69, 9.17) is 0 Å². The predicted molar refractivity (Wildman–Crippen MR) is 46.9 cm³/mol. The van der Waals surface area contributed by atoms with Crippen molar-refractivity contribution in [3.8, 4) is 0 Å². The SMILES string of the molecule is CC1(C)NC2(CCC2)C(=O)NC1=O. The van der Waals surface area contributed by atoms with Crippen LogP contribution in [0, 0.1) is 0 Å². The zero-order valence-corrected chi connectivity index (χ0v) is 7.94. The molecule has 2 aliphatic rings. The van der Waals surface area contributed by atoms with E-state index < -0.39 is 11.1 Å². The van der Waals surface area contributed by atoms with Gasteiger partial charge in [-0.15, -0.1) is 0 Å². The van der Waals surface area contributed by atoms with Gasteiger partial charge in [0.15, 0.2) is 0 Å². The lowest BCUT2D eigenvalue weighted by Gasteiger charge is -2.49. The summed E-state index contributed by atoms with van der Waals surface area (Å²) in [6.45, 7) is 3.60. The fourth-order valence-corrected chi connectivity index (χ4v) is 1.97. The molecule has 1 aliphatic carbocycles. The largest absolute Gasteiger partial charge is 0.293 e. The van der Waals surface area contributed by atoms with Crippen LogP contribution in [0.4, 0.5) is 0 Å². The van der Waals surface area contributed by atoms with Gasteiger partial charge in [-0.2, -0.15) is 0 Å². The number of nitrogens with one attached hydrogen (secondary N) is 2. The van der Waals surface area contributed by atoms with Crippen molar-refractivity contribution in [3.05, 3.63) is 0 Å². The number of carbonyl (C=O) groups is 2. The Balaban J connectivity index is 2.25. The molecule has 2 rings (SSSR count). The number of hydrogen-bond acceptors (Lipinski definition) is 3. The molecule has 0 bridgehead atoms. The van der Waals surface area contributed by atoms with Crippen LogP contribution in [0.25, 0.3) is 0 Å². The Labute approximate surface area is 77.1 Å². The van der Waals surface area contributed by atoms with Gasteiger partial charge in [0.05, 0.1) is 11.1 Å². The Morgan fingerprint density at radius 2 is 1.77 bits per heavy atom. The quantitative estimate of drug-likeness (QED) is 0.516. The third kappa shape index (κ3) is 1.09. The summed E-state index contributed by atoms with van der Waals surface area (Å²) >= 11 is 0. The van der Waals surface area contributed by atoms with Gasteiger partial charge in [-0.05, 0) is 33.1 Å². The van der Waals surface area contributed by atoms with Gasteiger partial charge in [0.2, 0.25) is 11.8 Å². The maximum absolute atomic E-state index is 11.5. The summed E-state index contributed by atoms with van der Waals surface area (Å²) in [5.41, 5.74) is -1.06. The molecule has 1 aliphatic heterocycles. The molecular weight excluding hydrogens is 168 g/mol. The number of amides is 2. The van der Waals surface area contributed by atoms with Crippen molar-refractivity contribution in [2.75, 3.05) is 0 Å². The van der Waals surface area contributed by atoms with Crippen LogP contribution in [-0.2, 0) is 9.59 Å². The van der Waals surface area contributed by atoms with Crippen LogP contribution < -0.4 is 10.6 Å². The molecule has 0 unspecified atom stereocenters. The average Bonchev–Trinajstić information content (AvgIpc) is 1.94. The number of hydrogen-bond donors (Lipinski definition) is 2. The molecule has 2 amide bonds. The average molecular weight is 182 g/mol. The smallest absolute Gasteiger partial charge is 0.246 e. The third-order valence-corrected chi connectivity index (χ3v) is 2.99. The van der Waals surface area contributed by atoms with Crippen molar-refractivity contribution in [3.63, 3.8) is 0 Å². The lowest BCUT2D eigenvalue weighted by atomic mass is 9.72. The van der Waals surface area contributed by atoms with Crippen LogP contribution in [0.15, 0.2) is 0 Å². The minimum Gasteiger partial charge on any atom is -0.293 e. The molecule has 1 saturated carbocycles. The first kappa shape index (κ1) is 8.69. The molecule has 13 heavy (non-hydrogen) atoms. The van der Waals surface area contributed by atoms with Gasteiger partial charge in [-0.25, -0.2) is 0 Å². The topological polar surface area (TPSA) is 58.2 Å². The van der Waals surface area contributed by atoms with E-state index in [0.29, 0.717) is 0 Å². The summed E-state index contributed by atoms with van der Waals surface area (Å²) in [6.07, 6.45) is 2.75. The van der Waals surface area contributed by atoms with E-state index in [-0.39, 0.29) is 11.8 Å². The molecule has 1 heterocycles. The second-order valence-corrected chi connectivity index (χ2v) is 4.47. The second kappa shape index (κ2) is 2.32. The minimum atomic E-state index is -0.617. The van der Waals surface area contributed by atoms with Crippen molar-refractivity contribution < 1.29 is 9.59 Å². The van der Waals surface area contributed by atoms with Gasteiger partial charge in [0.1, 0.15) is 0 Å². The molecular formula is C9H14N2O2. The summed E-state index contributed by atoms with van der Waals surface area (Å²) in [7, 11) is 0. The minimum absolute atomic E-state index is 0.150. The van der Waals surface area contributed by atoms with E-state index in [1.807, 2.05) is 0 Å². The summed E-state index contributed by atoms with van der Waals surface area (Å²) in [4.78, 5) is 22.9. The molecule has 0 aromatic heterocycles. The van der Waals surface area contributed by atoms with Gasteiger partial charge >= 0.3 is 0 Å². The zero-order valence-electron chi connectivity index (χ0n) is 7.94. The highest BCUT2D eigenvalue weighted by atomic mass is 16.2. The zero-order chi connectivity index (χ0) is 9.69. The summed E-state index contributed by atoms with van der Waals surface area (Å²) in [5.74, 6) is -0.377. The molecule has 1 saturated heterocycles. The van der Waals surface area contributed by atoms with Crippen LogP contribution in [0.1, 0.15) is 33.1 Å². The summed E-state index contributed by atoms with van der Waals surface area (Å²) in [6, 6.07) is 0. The van der Waals surface area contributed by atoms with Gasteiger partial charge in [0, 0.05) is 0 Å². The maximum Gasteiger partial charge on any atom is 0.246 e. The molecule has 0 aromatic carbocycles. The van der Waals surface area contributed by atoms with Gasteiger partial charge in [-0.3, -0.25) is 20.2 Å². The van der Waals surface area contributed by atoms with Crippen LogP contribution in [0.5, 0.6) is 0 Å². The standard InChI is InChI=1S/C9H14N2O2/c1-8(2)6(12)10-7(13)9(11-8)4-3-5-9/h11H,3-5H2,1-2H3,(H,10,12,13). The first-order valence-electron chi connectivity index (χ1n) is 4.62. The first-order chi connectivity index (χ1) is 5.96. The molecule has 0 atom stereocenters. The van der Waals surface area contributed by atoms with Crippen molar-refractivity contribution in [1.82, 2.24) is 10.6 Å². The van der Waals surface area contributed by atoms with E-state index in [2.05, 4.69) is 10.6 Å². The molecule has 2 fully saturated rings. The Hall–Kier alpha value is -0.900. The normalized spacial score (nSPS) is 29.7. The van der Waals surface area contributed by atoms with Gasteiger partial charge < -0.3 is 0 Å². The van der Waals surface area contributed by atoms with Crippen LogP contribution in [0.2, 0.25) is 0 Å². The van der Waals surface area contributed by atoms with E-state index in [0.717, 1.165) is 19.3 Å². The Kier molecular flexibility index (Phi) is 1.55. The second-order valence-electron chi connectivity index (χ2n) is 4.47. The number of rotatable bonds is 0. The fraction of sp³-hybridized carbons (Fsp3) is 0.778. The Bertz CT molecular complexity index is 279. The van der Waals surface area contributed by atoms with E-state index >= 15 is 0 Å². The monoisotopic (exact) mass is 182 g/mol. The fourth-order valence-electron chi connectivity index (χ4n) is 1.97. The van der Waals surface area contributed by atoms with Gasteiger partial charge in [-0.1, -0.05) is 0 Å². The predicted octanol–water partition coefficient (Wildman–Crippen LogP) is -0.0663. The molecule has 4 nitrogen and oxygen atoms in total. The van der Waals surface area contributed by atoms with E-state index in [1.54, 1.807) is 13.8 Å². The van der Waals surface area contributed by atoms with Crippen molar-refractivity contribution in [2.24, 2.45) is 0 Å². The Morgan fingerprint density at radius 3 is 2.23 bits per heavy atom. The number of imide groups is 1. The van der Waals surface area contributed by atoms with Crippen LogP contribution in [0.3, 0.4) is 0 Å². The summed E-state index contributed by atoms with van der Waals surface area (Å²) in [5, 5.41) is 5.57. The van der Waals surface area contributed by atoms with Crippen molar-refractivity contribution in [1.29, 1.82) is 0 Å². The molecule has 0 radical (unpaired) electrons. The summed E-state index contributed by atoms with van der Waals surface area (Å²) < 4.78 is 0. The highest BCUT2D eigenvalue weighted by molar-refractivity contribution is 6.06. The molecule has 72 valence electrons. The molecule has 1 spiro atoms. The molecule has 4 heteroatoms. The van der Waals surface area contributed by atoms with E-state index in [9.17, 15) is 9.59 Å². The van der Waals surface area contributed by atoms with Crippen molar-refractivity contribution in [2.45, 2.75) is 44.2 Å². The van der Waals surface area contributed by atoms with Crippen LogP contribution >= 0.6 is 0 Å². The lowest BCUT2D eigenvalue weighted by molar-refractivity contribution is -0.147. The number of piperazine rings is 1. The molecule has 0 aromatic rings. The lowest BCUT2D eigenvalue weighted by Crippen LogP contribution is -2.75. The maximum atomic E-state index is 11.5. The third-order valence-electron chi connectivity index (χ3n) is 2.99. The number of carbonyl (C=O) groups excluding carboxylic acids is 2. The van der Waals surface area contributed by atoms with Gasteiger partial charge in [0.25, 0.3) is 0 Å². The van der Waals surface area contributed by atoms with Crippen molar-refractivity contribution >= 4 is 11.8 Å². The Morgan fingerprint density at radius 1 is 1.15 bits per heavy atom. The van der Waals surface area contributed by atoms with E-state index in [1.165, 1.54) is 0 Å². The highest BCUT2D eigenvalue weighted by Crippen LogP contribution is 2.35. The first-order valence-corrected chi connectivity index (χ1v) is 4.62.